The van der Waals surface area contributed by atoms with Gasteiger partial charge in [-0.1, -0.05) is 18.6 Å². The van der Waals surface area contributed by atoms with Gasteiger partial charge in [0, 0.05) is 25.8 Å². The third kappa shape index (κ3) is 4.42. The van der Waals surface area contributed by atoms with Crippen molar-refractivity contribution in [2.75, 3.05) is 32.9 Å². The molecule has 1 fully saturated rings. The molecular formula is C17H27N2O5P. The van der Waals surface area contributed by atoms with Crippen molar-refractivity contribution >= 4 is 13.3 Å². The van der Waals surface area contributed by atoms with Gasteiger partial charge in [0.2, 0.25) is 7.37 Å². The van der Waals surface area contributed by atoms with Crippen LogP contribution >= 0.6 is 7.37 Å². The minimum Gasteiger partial charge on any atom is -0.497 e. The summed E-state index contributed by atoms with van der Waals surface area (Å²) in [6, 6.07) is 7.54. The van der Waals surface area contributed by atoms with E-state index in [0.29, 0.717) is 32.5 Å². The summed E-state index contributed by atoms with van der Waals surface area (Å²) >= 11 is 0. The number of hydrogen-bond donors (Lipinski definition) is 3. The Hall–Kier alpha value is -1.40. The zero-order valence-corrected chi connectivity index (χ0v) is 15.5. The summed E-state index contributed by atoms with van der Waals surface area (Å²) in [5, 5.41) is 8.16. The number of nitrogens with zero attached hydrogens (tertiary/aromatic N) is 1. The minimum absolute atomic E-state index is 0.00191. The molecule has 0 aromatic heterocycles. The summed E-state index contributed by atoms with van der Waals surface area (Å²) in [5.74, 6) is -0.432. The highest BCUT2D eigenvalue weighted by Crippen LogP contribution is 2.59. The Morgan fingerprint density at radius 3 is 2.60 bits per heavy atom. The van der Waals surface area contributed by atoms with Crippen molar-refractivity contribution in [3.63, 3.8) is 0 Å². The summed E-state index contributed by atoms with van der Waals surface area (Å²) in [5.41, 5.74) is 6.50. The lowest BCUT2D eigenvalue weighted by molar-refractivity contribution is -0.141. The molecule has 1 aromatic rings. The first kappa shape index (κ1) is 19.9. The summed E-state index contributed by atoms with van der Waals surface area (Å²) in [7, 11) is -2.18. The van der Waals surface area contributed by atoms with E-state index in [1.165, 1.54) is 0 Å². The van der Waals surface area contributed by atoms with Crippen LogP contribution in [0.25, 0.3) is 0 Å². The van der Waals surface area contributed by atoms with E-state index in [0.717, 1.165) is 11.3 Å². The van der Waals surface area contributed by atoms with Crippen molar-refractivity contribution in [1.29, 1.82) is 0 Å². The van der Waals surface area contributed by atoms with Gasteiger partial charge in [-0.25, -0.2) is 0 Å². The van der Waals surface area contributed by atoms with Gasteiger partial charge >= 0.3 is 5.97 Å². The van der Waals surface area contributed by atoms with E-state index in [4.69, 9.17) is 10.5 Å². The number of aliphatic carboxylic acids is 1. The van der Waals surface area contributed by atoms with Crippen LogP contribution in [-0.2, 0) is 15.9 Å². The van der Waals surface area contributed by atoms with Crippen LogP contribution in [0.3, 0.4) is 0 Å². The molecular weight excluding hydrogens is 343 g/mol. The highest BCUT2D eigenvalue weighted by molar-refractivity contribution is 7.61. The Morgan fingerprint density at radius 1 is 1.36 bits per heavy atom. The van der Waals surface area contributed by atoms with E-state index in [9.17, 15) is 19.4 Å². The second-order valence-electron chi connectivity index (χ2n) is 6.57. The maximum atomic E-state index is 12.7. The Kier molecular flexibility index (Phi) is 6.63. The molecule has 7 nitrogen and oxygen atoms in total. The van der Waals surface area contributed by atoms with E-state index < -0.39 is 18.5 Å². The van der Waals surface area contributed by atoms with Crippen LogP contribution in [0, 0.1) is 0 Å². The molecule has 2 atom stereocenters. The van der Waals surface area contributed by atoms with E-state index in [1.54, 1.807) is 7.11 Å². The third-order valence-electron chi connectivity index (χ3n) is 4.88. The average Bonchev–Trinajstić information content (AvgIpc) is 2.58. The molecule has 1 saturated heterocycles. The van der Waals surface area contributed by atoms with Crippen LogP contribution in [-0.4, -0.2) is 58.9 Å². The van der Waals surface area contributed by atoms with Crippen LogP contribution in [0.4, 0.5) is 0 Å². The molecule has 0 bridgehead atoms. The number of unbranched alkanes of at least 4 members (excludes halogenated alkanes) is 1. The molecule has 140 valence electrons. The quantitative estimate of drug-likeness (QED) is 0.472. The second-order valence-corrected chi connectivity index (χ2v) is 9.27. The van der Waals surface area contributed by atoms with Crippen LogP contribution in [0.5, 0.6) is 5.75 Å². The number of methoxy groups -OCH3 is 1. The Bertz CT molecular complexity index is 636. The van der Waals surface area contributed by atoms with Gasteiger partial charge in [-0.05, 0) is 37.1 Å². The molecule has 1 aliphatic rings. The van der Waals surface area contributed by atoms with E-state index in [1.807, 2.05) is 29.2 Å². The van der Waals surface area contributed by atoms with Crippen LogP contribution in [0.1, 0.15) is 24.8 Å². The molecule has 25 heavy (non-hydrogen) atoms. The summed E-state index contributed by atoms with van der Waals surface area (Å²) in [6.45, 7) is 1.47. The number of rotatable bonds is 8. The molecule has 1 heterocycles. The van der Waals surface area contributed by atoms with Gasteiger partial charge in [0.15, 0.2) is 5.16 Å². The summed E-state index contributed by atoms with van der Waals surface area (Å²) < 4.78 is 17.8. The predicted octanol–water partition coefficient (Wildman–Crippen LogP) is 1.73. The highest BCUT2D eigenvalue weighted by Gasteiger charge is 2.56. The number of nitrogens with two attached hydrogens (primary N) is 1. The van der Waals surface area contributed by atoms with E-state index in [2.05, 4.69) is 0 Å². The largest absolute Gasteiger partial charge is 0.497 e. The normalized spacial score (nSPS) is 27.2. The lowest BCUT2D eigenvalue weighted by Crippen LogP contribution is -2.53. The molecule has 0 radical (unpaired) electrons. The second kappa shape index (κ2) is 8.32. The van der Waals surface area contributed by atoms with Crippen molar-refractivity contribution in [2.24, 2.45) is 5.73 Å². The van der Waals surface area contributed by atoms with Gasteiger partial charge in [-0.2, -0.15) is 0 Å². The fourth-order valence-corrected chi connectivity index (χ4v) is 5.52. The molecule has 4 N–H and O–H groups in total. The Morgan fingerprint density at radius 2 is 2.04 bits per heavy atom. The standard InChI is InChI=1S/C17H27N2O5P/c1-24-15-6-4-14(5-7-15)12-19-10-11-25(22,23)17(13-19,16(20)21)8-2-3-9-18/h4-7H,2-3,8-13,18H2,1H3,(H,20,21)(H,22,23). The molecule has 1 aromatic carbocycles. The first-order valence-electron chi connectivity index (χ1n) is 8.45. The van der Waals surface area contributed by atoms with E-state index >= 15 is 0 Å². The van der Waals surface area contributed by atoms with Crippen molar-refractivity contribution in [1.82, 2.24) is 4.90 Å². The van der Waals surface area contributed by atoms with E-state index in [-0.39, 0.29) is 19.1 Å². The smallest absolute Gasteiger partial charge is 0.320 e. The monoisotopic (exact) mass is 370 g/mol. The van der Waals surface area contributed by atoms with Gasteiger partial charge in [-0.3, -0.25) is 14.3 Å². The SMILES string of the molecule is COc1ccc(CN2CCP(=O)(O)C(CCCCN)(C(=O)O)C2)cc1. The molecule has 8 heteroatoms. The number of ether oxygens (including phenoxy) is 1. The van der Waals surface area contributed by atoms with Crippen molar-refractivity contribution in [3.8, 4) is 5.75 Å². The zero-order chi connectivity index (χ0) is 18.5. The third-order valence-corrected chi connectivity index (χ3v) is 7.58. The van der Waals surface area contributed by atoms with Gasteiger partial charge in [0.25, 0.3) is 0 Å². The molecule has 0 spiro atoms. The van der Waals surface area contributed by atoms with Crippen molar-refractivity contribution < 1.29 is 24.1 Å². The van der Waals surface area contributed by atoms with Crippen molar-refractivity contribution in [2.45, 2.75) is 31.0 Å². The highest BCUT2D eigenvalue weighted by atomic mass is 31.2. The topological polar surface area (TPSA) is 113 Å². The minimum atomic E-state index is -3.78. The Balaban J connectivity index is 2.16. The number of carboxylic acid groups (broad SMARTS) is 1. The molecule has 0 saturated carbocycles. The fraction of sp³-hybridized carbons (Fsp3) is 0.588. The average molecular weight is 370 g/mol. The molecule has 0 aliphatic carbocycles. The number of carbonyl (C=O) groups is 1. The number of carboxylic acids is 1. The maximum Gasteiger partial charge on any atom is 0.320 e. The number of benzene rings is 1. The Labute approximate surface area is 148 Å². The first-order valence-corrected chi connectivity index (χ1v) is 10.3. The first-order chi connectivity index (χ1) is 11.8. The van der Waals surface area contributed by atoms with Gasteiger partial charge in [0.1, 0.15) is 5.75 Å². The molecule has 0 amide bonds. The lowest BCUT2D eigenvalue weighted by Gasteiger charge is -2.43. The number of hydrogen-bond acceptors (Lipinski definition) is 5. The van der Waals surface area contributed by atoms with Crippen LogP contribution in [0.15, 0.2) is 24.3 Å². The predicted molar refractivity (Wildman–Crippen MR) is 96.2 cm³/mol. The van der Waals surface area contributed by atoms with Crippen LogP contribution < -0.4 is 10.5 Å². The molecule has 1 aliphatic heterocycles. The van der Waals surface area contributed by atoms with Gasteiger partial charge in [0.05, 0.1) is 7.11 Å². The maximum absolute atomic E-state index is 12.7. The summed E-state index contributed by atoms with van der Waals surface area (Å²) in [6.07, 6.45) is 1.35. The molecule has 2 unspecified atom stereocenters. The zero-order valence-electron chi connectivity index (χ0n) is 14.6. The lowest BCUT2D eigenvalue weighted by atomic mass is 9.99. The van der Waals surface area contributed by atoms with Gasteiger partial charge < -0.3 is 20.5 Å². The summed E-state index contributed by atoms with van der Waals surface area (Å²) in [4.78, 5) is 24.3. The van der Waals surface area contributed by atoms with Crippen molar-refractivity contribution in [3.05, 3.63) is 29.8 Å². The van der Waals surface area contributed by atoms with Gasteiger partial charge in [-0.15, -0.1) is 0 Å². The fourth-order valence-electron chi connectivity index (χ4n) is 3.31. The van der Waals surface area contributed by atoms with Crippen LogP contribution in [0.2, 0.25) is 0 Å². The molecule has 2 rings (SSSR count).